The van der Waals surface area contributed by atoms with Gasteiger partial charge < -0.3 is 0 Å². The highest BCUT2D eigenvalue weighted by Crippen LogP contribution is 2.26. The average Bonchev–Trinajstić information content (AvgIpc) is 3.10. The number of carbonyl (C=O) groups excluding carboxylic acids is 1. The maximum Gasteiger partial charge on any atom is 0.289 e. The van der Waals surface area contributed by atoms with Gasteiger partial charge in [0.25, 0.3) is 5.91 Å². The van der Waals surface area contributed by atoms with E-state index in [1.54, 1.807) is 31.2 Å². The van der Waals surface area contributed by atoms with Gasteiger partial charge in [-0.05, 0) is 36.8 Å². The number of aromatic amines is 1. The molecule has 2 N–H and O–H groups in total. The molecular weight excluding hydrogens is 359 g/mol. The first kappa shape index (κ1) is 17.2. The van der Waals surface area contributed by atoms with Crippen LogP contribution in [0.3, 0.4) is 0 Å². The number of halogens is 2. The van der Waals surface area contributed by atoms with Crippen LogP contribution in [0.25, 0.3) is 11.3 Å². The van der Waals surface area contributed by atoms with Crippen LogP contribution in [0.15, 0.2) is 59.7 Å². The third-order valence-electron chi connectivity index (χ3n) is 3.56. The van der Waals surface area contributed by atoms with E-state index in [0.29, 0.717) is 27.1 Å². The van der Waals surface area contributed by atoms with E-state index in [0.717, 1.165) is 11.1 Å². The predicted molar refractivity (Wildman–Crippen MR) is 100 cm³/mol. The van der Waals surface area contributed by atoms with Gasteiger partial charge in [0.05, 0.1) is 16.4 Å². The fourth-order valence-corrected chi connectivity index (χ4v) is 2.55. The van der Waals surface area contributed by atoms with Crippen LogP contribution in [0.1, 0.15) is 23.0 Å². The van der Waals surface area contributed by atoms with E-state index in [4.69, 9.17) is 23.2 Å². The van der Waals surface area contributed by atoms with Crippen LogP contribution in [-0.2, 0) is 0 Å². The molecule has 0 spiro atoms. The maximum absolute atomic E-state index is 12.2. The highest BCUT2D eigenvalue weighted by Gasteiger charge is 2.12. The highest BCUT2D eigenvalue weighted by molar-refractivity contribution is 6.33. The summed E-state index contributed by atoms with van der Waals surface area (Å²) in [5.41, 5.74) is 5.67. The molecule has 0 fully saturated rings. The smallest absolute Gasteiger partial charge is 0.272 e. The largest absolute Gasteiger partial charge is 0.289 e. The van der Waals surface area contributed by atoms with Gasteiger partial charge in [-0.2, -0.15) is 10.2 Å². The minimum Gasteiger partial charge on any atom is -0.272 e. The van der Waals surface area contributed by atoms with Crippen molar-refractivity contribution in [1.29, 1.82) is 0 Å². The van der Waals surface area contributed by atoms with Crippen molar-refractivity contribution in [3.05, 3.63) is 75.9 Å². The van der Waals surface area contributed by atoms with Gasteiger partial charge in [0, 0.05) is 10.6 Å². The minimum atomic E-state index is -0.390. The highest BCUT2D eigenvalue weighted by atomic mass is 35.5. The molecule has 0 aliphatic carbocycles. The quantitative estimate of drug-likeness (QED) is 0.521. The molecule has 126 valence electrons. The van der Waals surface area contributed by atoms with Crippen LogP contribution in [0.4, 0.5) is 0 Å². The molecule has 25 heavy (non-hydrogen) atoms. The number of nitrogens with one attached hydrogen (secondary N) is 2. The maximum atomic E-state index is 12.2. The fourth-order valence-electron chi connectivity index (χ4n) is 2.20. The zero-order valence-electron chi connectivity index (χ0n) is 13.3. The summed E-state index contributed by atoms with van der Waals surface area (Å²) in [6.07, 6.45) is 0. The molecule has 0 bridgehead atoms. The number of aromatic nitrogens is 2. The monoisotopic (exact) mass is 372 g/mol. The Morgan fingerprint density at radius 2 is 1.84 bits per heavy atom. The van der Waals surface area contributed by atoms with Gasteiger partial charge in [-0.3, -0.25) is 9.89 Å². The van der Waals surface area contributed by atoms with Crippen LogP contribution < -0.4 is 5.43 Å². The Morgan fingerprint density at radius 1 is 1.12 bits per heavy atom. The second-order valence-electron chi connectivity index (χ2n) is 5.29. The normalized spacial score (nSPS) is 11.4. The Kier molecular flexibility index (Phi) is 5.16. The average molecular weight is 373 g/mol. The van der Waals surface area contributed by atoms with Crippen molar-refractivity contribution in [3.63, 3.8) is 0 Å². The number of hydrogen-bond donors (Lipinski definition) is 2. The molecule has 1 heterocycles. The molecule has 0 unspecified atom stereocenters. The zero-order chi connectivity index (χ0) is 17.8. The van der Waals surface area contributed by atoms with Crippen molar-refractivity contribution in [2.24, 2.45) is 5.10 Å². The molecule has 2 aromatic carbocycles. The zero-order valence-corrected chi connectivity index (χ0v) is 14.8. The van der Waals surface area contributed by atoms with Crippen molar-refractivity contribution in [2.75, 3.05) is 0 Å². The summed E-state index contributed by atoms with van der Waals surface area (Å²) >= 11 is 12.0. The molecule has 0 aliphatic heterocycles. The molecule has 3 aromatic rings. The van der Waals surface area contributed by atoms with Gasteiger partial charge in [-0.1, -0.05) is 53.5 Å². The minimum absolute atomic E-state index is 0.294. The first-order valence-corrected chi connectivity index (χ1v) is 8.21. The summed E-state index contributed by atoms with van der Waals surface area (Å²) in [6.45, 7) is 1.80. The van der Waals surface area contributed by atoms with E-state index in [-0.39, 0.29) is 5.91 Å². The second-order valence-corrected chi connectivity index (χ2v) is 6.14. The van der Waals surface area contributed by atoms with Crippen LogP contribution in [0.2, 0.25) is 10.0 Å². The Labute approximate surface area is 154 Å². The molecule has 5 nitrogen and oxygen atoms in total. The van der Waals surface area contributed by atoms with E-state index in [1.807, 2.05) is 30.3 Å². The number of hydrogen-bond acceptors (Lipinski definition) is 3. The van der Waals surface area contributed by atoms with Crippen LogP contribution in [0.5, 0.6) is 0 Å². The number of benzene rings is 2. The van der Waals surface area contributed by atoms with Crippen LogP contribution in [0, 0.1) is 0 Å². The molecule has 3 rings (SSSR count). The predicted octanol–water partition coefficient (Wildman–Crippen LogP) is 4.54. The van der Waals surface area contributed by atoms with E-state index >= 15 is 0 Å². The lowest BCUT2D eigenvalue weighted by atomic mass is 10.1. The third-order valence-corrected chi connectivity index (χ3v) is 4.14. The van der Waals surface area contributed by atoms with Crippen molar-refractivity contribution in [2.45, 2.75) is 6.92 Å². The number of carbonyl (C=O) groups is 1. The standard InChI is InChI=1S/C18H14Cl2N4O/c1-11(12-6-8-13(19)9-7-12)21-24-18(25)17-10-16(22-23-17)14-4-2-3-5-15(14)20/h2-10H,1H3,(H,22,23)(H,24,25)/b21-11+. The van der Waals surface area contributed by atoms with E-state index < -0.39 is 0 Å². The molecule has 0 aliphatic rings. The number of rotatable bonds is 4. The lowest BCUT2D eigenvalue weighted by Gasteiger charge is -2.02. The van der Waals surface area contributed by atoms with Crippen molar-refractivity contribution in [1.82, 2.24) is 15.6 Å². The van der Waals surface area contributed by atoms with E-state index in [9.17, 15) is 4.79 Å². The lowest BCUT2D eigenvalue weighted by Crippen LogP contribution is -2.19. The van der Waals surface area contributed by atoms with Crippen molar-refractivity contribution in [3.8, 4) is 11.3 Å². The SMILES string of the molecule is C/C(=N\NC(=O)c1cc(-c2ccccc2Cl)n[nH]1)c1ccc(Cl)cc1. The Hall–Kier alpha value is -2.63. The Morgan fingerprint density at radius 3 is 2.56 bits per heavy atom. The van der Waals surface area contributed by atoms with Gasteiger partial charge in [-0.25, -0.2) is 5.43 Å². The molecule has 1 amide bonds. The summed E-state index contributed by atoms with van der Waals surface area (Å²) < 4.78 is 0. The lowest BCUT2D eigenvalue weighted by molar-refractivity contribution is 0.0950. The van der Waals surface area contributed by atoms with Gasteiger partial charge in [0.2, 0.25) is 0 Å². The Balaban J connectivity index is 1.73. The molecule has 1 aromatic heterocycles. The van der Waals surface area contributed by atoms with Gasteiger partial charge >= 0.3 is 0 Å². The van der Waals surface area contributed by atoms with Gasteiger partial charge in [-0.15, -0.1) is 0 Å². The Bertz CT molecular complexity index is 932. The number of H-pyrrole nitrogens is 1. The summed E-state index contributed by atoms with van der Waals surface area (Å²) in [5, 5.41) is 12.1. The van der Waals surface area contributed by atoms with Crippen LogP contribution in [-0.4, -0.2) is 21.8 Å². The first-order valence-electron chi connectivity index (χ1n) is 7.45. The fraction of sp³-hybridized carbons (Fsp3) is 0.0556. The van der Waals surface area contributed by atoms with E-state index in [2.05, 4.69) is 20.7 Å². The first-order chi connectivity index (χ1) is 12.0. The number of hydrazone groups is 1. The molecule has 0 saturated carbocycles. The molecule has 0 saturated heterocycles. The molecule has 7 heteroatoms. The number of amides is 1. The summed E-state index contributed by atoms with van der Waals surface area (Å²) in [5.74, 6) is -0.390. The van der Waals surface area contributed by atoms with E-state index in [1.165, 1.54) is 0 Å². The van der Waals surface area contributed by atoms with Crippen molar-refractivity contribution < 1.29 is 4.79 Å². The second kappa shape index (κ2) is 7.51. The van der Waals surface area contributed by atoms with Gasteiger partial charge in [0.15, 0.2) is 0 Å². The van der Waals surface area contributed by atoms with Gasteiger partial charge in [0.1, 0.15) is 5.69 Å². The summed E-state index contributed by atoms with van der Waals surface area (Å²) in [6, 6.07) is 16.1. The molecular formula is C18H14Cl2N4O. The molecule has 0 radical (unpaired) electrons. The summed E-state index contributed by atoms with van der Waals surface area (Å²) in [4.78, 5) is 12.2. The van der Waals surface area contributed by atoms with Crippen molar-refractivity contribution >= 4 is 34.8 Å². The molecule has 0 atom stereocenters. The summed E-state index contributed by atoms with van der Waals surface area (Å²) in [7, 11) is 0. The van der Waals surface area contributed by atoms with Crippen LogP contribution >= 0.6 is 23.2 Å². The topological polar surface area (TPSA) is 70.1 Å². The number of nitrogens with zero attached hydrogens (tertiary/aromatic N) is 2. The third kappa shape index (κ3) is 4.07.